The summed E-state index contributed by atoms with van der Waals surface area (Å²) in [6.07, 6.45) is 6.38. The number of carbonyl (C=O) groups excluding carboxylic acids is 1. The van der Waals surface area contributed by atoms with E-state index in [9.17, 15) is 4.79 Å². The second-order valence-corrected chi connectivity index (χ2v) is 6.24. The van der Waals surface area contributed by atoms with Gasteiger partial charge in [0.05, 0.1) is 12.8 Å². The highest BCUT2D eigenvalue weighted by molar-refractivity contribution is 6.44. The maximum atomic E-state index is 12.0. The van der Waals surface area contributed by atoms with Crippen molar-refractivity contribution in [1.29, 1.82) is 0 Å². The molecule has 0 unspecified atom stereocenters. The maximum absolute atomic E-state index is 12.0. The maximum Gasteiger partial charge on any atom is 0.360 e. The number of hydrogen-bond acceptors (Lipinski definition) is 6. The lowest BCUT2D eigenvalue weighted by molar-refractivity contribution is -0.132. The molecule has 0 aromatic heterocycles. The molecular formula is C21H26N2O4. The first-order chi connectivity index (χ1) is 13.1. The van der Waals surface area contributed by atoms with Crippen LogP contribution in [0.1, 0.15) is 30.9 Å². The van der Waals surface area contributed by atoms with Crippen molar-refractivity contribution in [1.82, 2.24) is 0 Å². The van der Waals surface area contributed by atoms with Crippen LogP contribution in [0.25, 0.3) is 0 Å². The number of benzene rings is 1. The minimum Gasteiger partial charge on any atom is -0.464 e. The van der Waals surface area contributed by atoms with Crippen LogP contribution in [0.4, 0.5) is 0 Å². The van der Waals surface area contributed by atoms with Crippen LogP contribution < -0.4 is 0 Å². The van der Waals surface area contributed by atoms with Gasteiger partial charge in [0.2, 0.25) is 0 Å². The van der Waals surface area contributed by atoms with E-state index in [1.54, 1.807) is 0 Å². The summed E-state index contributed by atoms with van der Waals surface area (Å²) in [5.74, 6) is -0.546. The molecule has 6 heteroatoms. The van der Waals surface area contributed by atoms with Gasteiger partial charge in [-0.3, -0.25) is 0 Å². The van der Waals surface area contributed by atoms with E-state index in [2.05, 4.69) is 29.4 Å². The quantitative estimate of drug-likeness (QED) is 0.397. The van der Waals surface area contributed by atoms with Gasteiger partial charge in [-0.25, -0.2) is 4.79 Å². The van der Waals surface area contributed by atoms with E-state index in [-0.39, 0.29) is 12.3 Å². The molecule has 1 aromatic rings. The molecule has 0 saturated carbocycles. The molecule has 1 aliphatic carbocycles. The zero-order chi connectivity index (χ0) is 19.6. The van der Waals surface area contributed by atoms with Gasteiger partial charge in [0.25, 0.3) is 0 Å². The van der Waals surface area contributed by atoms with Crippen molar-refractivity contribution in [2.75, 3.05) is 20.8 Å². The molecule has 0 saturated heterocycles. The summed E-state index contributed by atoms with van der Waals surface area (Å²) in [4.78, 5) is 22.3. The summed E-state index contributed by atoms with van der Waals surface area (Å²) in [6, 6.07) is 8.20. The van der Waals surface area contributed by atoms with Crippen LogP contribution in [-0.4, -0.2) is 38.2 Å². The van der Waals surface area contributed by atoms with Gasteiger partial charge < -0.3 is 14.4 Å². The fourth-order valence-electron chi connectivity index (χ4n) is 2.82. The summed E-state index contributed by atoms with van der Waals surface area (Å²) in [6.45, 7) is 4.26. The lowest BCUT2D eigenvalue weighted by Crippen LogP contribution is -2.22. The van der Waals surface area contributed by atoms with Gasteiger partial charge in [-0.2, -0.15) is 0 Å². The minimum atomic E-state index is -0.546. The third kappa shape index (κ3) is 5.81. The lowest BCUT2D eigenvalue weighted by Gasteiger charge is -2.16. The number of aryl methyl sites for hydroxylation is 1. The molecule has 0 bridgehead atoms. The zero-order valence-corrected chi connectivity index (χ0v) is 16.3. The highest BCUT2D eigenvalue weighted by atomic mass is 16.6. The third-order valence-corrected chi connectivity index (χ3v) is 4.22. The van der Waals surface area contributed by atoms with E-state index in [0.717, 1.165) is 30.5 Å². The first-order valence-electron chi connectivity index (χ1n) is 8.86. The number of hydrogen-bond donors (Lipinski definition) is 0. The van der Waals surface area contributed by atoms with Gasteiger partial charge in [0, 0.05) is 12.0 Å². The Morgan fingerprint density at radius 2 is 1.85 bits per heavy atom. The zero-order valence-electron chi connectivity index (χ0n) is 16.3. The van der Waals surface area contributed by atoms with Gasteiger partial charge in [-0.1, -0.05) is 46.7 Å². The van der Waals surface area contributed by atoms with E-state index in [1.165, 1.54) is 25.3 Å². The Hall–Kier alpha value is -2.89. The summed E-state index contributed by atoms with van der Waals surface area (Å²) >= 11 is 0. The summed E-state index contributed by atoms with van der Waals surface area (Å²) < 4.78 is 4.80. The summed E-state index contributed by atoms with van der Waals surface area (Å²) in [5, 5.41) is 8.04. The van der Waals surface area contributed by atoms with Crippen molar-refractivity contribution in [3.8, 4) is 0 Å². The molecule has 1 aliphatic rings. The standard InChI is InChI=1S/C21H26N2O4/c1-15-9-5-6-10-17(15)13-16(2)22-27-14-18-11-7-8-12-19(18)20(23-26-4)21(24)25-3/h5-6,9-12H,7-8,13-14H2,1-4H3/b22-16+,23-20+. The highest BCUT2D eigenvalue weighted by Crippen LogP contribution is 2.22. The van der Waals surface area contributed by atoms with Crippen molar-refractivity contribution in [2.24, 2.45) is 10.3 Å². The SMILES string of the molecule is CO/N=C(/C(=O)OC)C1=CCCC=C1CO/N=C(\C)Cc1ccccc1C. The molecule has 0 aliphatic heterocycles. The van der Waals surface area contributed by atoms with Gasteiger partial charge in [-0.05, 0) is 43.4 Å². The molecule has 0 amide bonds. The Morgan fingerprint density at radius 3 is 2.56 bits per heavy atom. The minimum absolute atomic E-state index is 0.134. The topological polar surface area (TPSA) is 69.5 Å². The van der Waals surface area contributed by atoms with Crippen LogP contribution in [0.15, 0.2) is 57.9 Å². The molecule has 2 rings (SSSR count). The molecule has 0 heterocycles. The highest BCUT2D eigenvalue weighted by Gasteiger charge is 2.23. The van der Waals surface area contributed by atoms with E-state index in [1.807, 2.05) is 31.2 Å². The Kier molecular flexibility index (Phi) is 7.79. The Morgan fingerprint density at radius 1 is 1.11 bits per heavy atom. The molecule has 27 heavy (non-hydrogen) atoms. The Balaban J connectivity index is 2.04. The molecule has 0 N–H and O–H groups in total. The Labute approximate surface area is 160 Å². The largest absolute Gasteiger partial charge is 0.464 e. The normalized spacial score (nSPS) is 15.0. The predicted molar refractivity (Wildman–Crippen MR) is 106 cm³/mol. The lowest BCUT2D eigenvalue weighted by atomic mass is 9.94. The van der Waals surface area contributed by atoms with Crippen molar-refractivity contribution < 1.29 is 19.2 Å². The average Bonchev–Trinajstić information content (AvgIpc) is 2.68. The van der Waals surface area contributed by atoms with E-state index < -0.39 is 5.97 Å². The van der Waals surface area contributed by atoms with E-state index >= 15 is 0 Å². The number of oxime groups is 2. The molecule has 144 valence electrons. The molecule has 0 spiro atoms. The van der Waals surface area contributed by atoms with Gasteiger partial charge >= 0.3 is 5.97 Å². The van der Waals surface area contributed by atoms with Crippen molar-refractivity contribution in [3.63, 3.8) is 0 Å². The number of esters is 1. The van der Waals surface area contributed by atoms with E-state index in [4.69, 9.17) is 14.4 Å². The number of allylic oxidation sites excluding steroid dienone is 2. The van der Waals surface area contributed by atoms with Crippen molar-refractivity contribution in [2.45, 2.75) is 33.1 Å². The predicted octanol–water partition coefficient (Wildman–Crippen LogP) is 3.75. The summed E-state index contributed by atoms with van der Waals surface area (Å²) in [5.41, 5.74) is 4.97. The third-order valence-electron chi connectivity index (χ3n) is 4.22. The fourth-order valence-corrected chi connectivity index (χ4v) is 2.82. The molecule has 6 nitrogen and oxygen atoms in total. The number of methoxy groups -OCH3 is 1. The van der Waals surface area contributed by atoms with Crippen LogP contribution in [0.5, 0.6) is 0 Å². The number of ether oxygens (including phenoxy) is 1. The van der Waals surface area contributed by atoms with E-state index in [0.29, 0.717) is 5.57 Å². The van der Waals surface area contributed by atoms with Crippen LogP contribution in [0.3, 0.4) is 0 Å². The van der Waals surface area contributed by atoms with Crippen molar-refractivity contribution >= 4 is 17.4 Å². The first kappa shape index (κ1) is 20.4. The fraction of sp³-hybridized carbons (Fsp3) is 0.381. The van der Waals surface area contributed by atoms with Crippen LogP contribution in [0.2, 0.25) is 0 Å². The molecule has 1 aromatic carbocycles. The second kappa shape index (κ2) is 10.3. The molecular weight excluding hydrogens is 344 g/mol. The number of carbonyl (C=O) groups is 1. The smallest absolute Gasteiger partial charge is 0.360 e. The van der Waals surface area contributed by atoms with Gasteiger partial charge in [0.15, 0.2) is 5.71 Å². The van der Waals surface area contributed by atoms with Gasteiger partial charge in [0.1, 0.15) is 13.7 Å². The van der Waals surface area contributed by atoms with Crippen LogP contribution in [0, 0.1) is 6.92 Å². The number of rotatable bonds is 8. The number of nitrogens with zero attached hydrogens (tertiary/aromatic N) is 2. The van der Waals surface area contributed by atoms with Crippen LogP contribution >= 0.6 is 0 Å². The van der Waals surface area contributed by atoms with Gasteiger partial charge in [-0.15, -0.1) is 0 Å². The Bertz CT molecular complexity index is 791. The van der Waals surface area contributed by atoms with Crippen molar-refractivity contribution in [3.05, 3.63) is 58.7 Å². The second-order valence-electron chi connectivity index (χ2n) is 6.24. The monoisotopic (exact) mass is 370 g/mol. The molecule has 0 radical (unpaired) electrons. The van der Waals surface area contributed by atoms with Crippen LogP contribution in [-0.2, 0) is 25.6 Å². The molecule has 0 fully saturated rings. The summed E-state index contributed by atoms with van der Waals surface area (Å²) in [7, 11) is 2.71. The molecule has 0 atom stereocenters. The average molecular weight is 370 g/mol. The first-order valence-corrected chi connectivity index (χ1v) is 8.86.